The molecule has 0 bridgehead atoms. The molecule has 1 fully saturated rings. The van der Waals surface area contributed by atoms with Gasteiger partial charge in [0.15, 0.2) is 5.65 Å². The van der Waals surface area contributed by atoms with E-state index in [1.807, 2.05) is 31.4 Å². The Morgan fingerprint density at radius 3 is 2.93 bits per heavy atom. The van der Waals surface area contributed by atoms with Crippen molar-refractivity contribution in [3.05, 3.63) is 41.5 Å². The fraction of sp³-hybridized carbons (Fsp3) is 0.316. The summed E-state index contributed by atoms with van der Waals surface area (Å²) < 4.78 is 36.3. The highest BCUT2D eigenvalue weighted by Crippen LogP contribution is 2.49. The maximum atomic E-state index is 13.2. The van der Waals surface area contributed by atoms with E-state index in [0.29, 0.717) is 21.0 Å². The minimum Gasteiger partial charge on any atom is -0.387 e. The molecule has 0 aromatic carbocycles. The molecule has 4 heterocycles. The number of rotatable bonds is 3. The van der Waals surface area contributed by atoms with Crippen LogP contribution in [-0.4, -0.2) is 30.8 Å². The van der Waals surface area contributed by atoms with E-state index in [1.54, 1.807) is 16.9 Å². The fourth-order valence-corrected chi connectivity index (χ4v) is 4.49. The van der Waals surface area contributed by atoms with Gasteiger partial charge < -0.3 is 5.11 Å². The highest BCUT2D eigenvalue weighted by Gasteiger charge is 2.48. The SMILES string of the molecule is [2H]C(O)(c1cc2ccc(-c3cnc4nn(C)cc4c3)nc2s1)C1CC(F)(F)C1. The summed E-state index contributed by atoms with van der Waals surface area (Å²) in [5.74, 6) is -3.55. The molecular formula is C19H16F2N4OS. The first kappa shape index (κ1) is 15.6. The molecule has 1 saturated carbocycles. The maximum Gasteiger partial charge on any atom is 0.248 e. The van der Waals surface area contributed by atoms with E-state index in [4.69, 9.17) is 1.37 Å². The lowest BCUT2D eigenvalue weighted by atomic mass is 9.77. The van der Waals surface area contributed by atoms with Crippen molar-refractivity contribution >= 4 is 32.6 Å². The lowest BCUT2D eigenvalue weighted by Crippen LogP contribution is -2.38. The van der Waals surface area contributed by atoms with Gasteiger partial charge in [-0.05, 0) is 24.3 Å². The second-order valence-electron chi connectivity index (χ2n) is 6.99. The molecule has 0 amide bonds. The Morgan fingerprint density at radius 2 is 2.15 bits per heavy atom. The van der Waals surface area contributed by atoms with Crippen molar-refractivity contribution in [3.8, 4) is 11.3 Å². The zero-order valence-electron chi connectivity index (χ0n) is 15.4. The lowest BCUT2D eigenvalue weighted by molar-refractivity contribution is -0.141. The molecule has 1 aliphatic rings. The first-order valence-electron chi connectivity index (χ1n) is 9.02. The second kappa shape index (κ2) is 5.77. The van der Waals surface area contributed by atoms with E-state index in [9.17, 15) is 13.9 Å². The van der Waals surface area contributed by atoms with E-state index < -0.39 is 30.8 Å². The van der Waals surface area contributed by atoms with Crippen molar-refractivity contribution in [2.45, 2.75) is 24.8 Å². The third-order valence-corrected chi connectivity index (χ3v) is 5.95. The van der Waals surface area contributed by atoms with Gasteiger partial charge in [-0.3, -0.25) is 4.68 Å². The molecule has 4 aromatic heterocycles. The minimum absolute atomic E-state index is 0.341. The Balaban J connectivity index is 1.51. The number of hydrogen-bond acceptors (Lipinski definition) is 5. The van der Waals surface area contributed by atoms with Crippen LogP contribution in [0.25, 0.3) is 32.5 Å². The van der Waals surface area contributed by atoms with Crippen molar-refractivity contribution in [3.63, 3.8) is 0 Å². The Kier molecular flexibility index (Phi) is 3.33. The van der Waals surface area contributed by atoms with Gasteiger partial charge in [0.1, 0.15) is 4.83 Å². The number of hydrogen-bond donors (Lipinski definition) is 1. The Labute approximate surface area is 158 Å². The zero-order valence-corrected chi connectivity index (χ0v) is 15.2. The smallest absolute Gasteiger partial charge is 0.248 e. The predicted octanol–water partition coefficient (Wildman–Crippen LogP) is 4.32. The summed E-state index contributed by atoms with van der Waals surface area (Å²) in [6.45, 7) is 0. The molecule has 1 atom stereocenters. The average molecular weight is 387 g/mol. The number of halogens is 2. The summed E-state index contributed by atoms with van der Waals surface area (Å²) in [6.07, 6.45) is 0.633. The van der Waals surface area contributed by atoms with Gasteiger partial charge in [0.05, 0.1) is 13.1 Å². The molecule has 1 N–H and O–H groups in total. The van der Waals surface area contributed by atoms with Crippen LogP contribution < -0.4 is 0 Å². The minimum atomic E-state index is -2.78. The van der Waals surface area contributed by atoms with Crippen LogP contribution in [0.15, 0.2) is 36.7 Å². The van der Waals surface area contributed by atoms with Crippen LogP contribution in [0, 0.1) is 5.92 Å². The van der Waals surface area contributed by atoms with Gasteiger partial charge in [-0.2, -0.15) is 5.10 Å². The summed E-state index contributed by atoms with van der Waals surface area (Å²) in [4.78, 5) is 9.97. The molecule has 4 aromatic rings. The summed E-state index contributed by atoms with van der Waals surface area (Å²) in [5, 5.41) is 16.5. The standard InChI is InChI=1S/C19H16F2N4OS/c1-25-9-12-4-11(8-22-17(12)24-25)14-3-2-10-5-15(27-18(10)23-14)16(26)13-6-19(20,21)7-13/h2-5,8-9,13,16,26H,6-7H2,1H3/i16D. The maximum absolute atomic E-state index is 13.2. The van der Waals surface area contributed by atoms with E-state index in [-0.39, 0.29) is 0 Å². The summed E-state index contributed by atoms with van der Waals surface area (Å²) in [7, 11) is 1.83. The van der Waals surface area contributed by atoms with Gasteiger partial charge in [0.2, 0.25) is 5.92 Å². The van der Waals surface area contributed by atoms with Gasteiger partial charge in [-0.15, -0.1) is 11.3 Å². The van der Waals surface area contributed by atoms with Gasteiger partial charge in [0.25, 0.3) is 0 Å². The fourth-order valence-electron chi connectivity index (χ4n) is 3.43. The second-order valence-corrected chi connectivity index (χ2v) is 8.02. The van der Waals surface area contributed by atoms with E-state index in [0.717, 1.165) is 16.3 Å². The first-order chi connectivity index (χ1) is 13.2. The molecule has 0 aliphatic heterocycles. The van der Waals surface area contributed by atoms with Gasteiger partial charge in [-0.25, -0.2) is 18.7 Å². The largest absolute Gasteiger partial charge is 0.387 e. The Morgan fingerprint density at radius 1 is 1.33 bits per heavy atom. The number of thiophene rings is 1. The molecule has 1 aliphatic carbocycles. The van der Waals surface area contributed by atoms with Gasteiger partial charge in [-0.1, -0.05) is 0 Å². The van der Waals surface area contributed by atoms with Crippen LogP contribution in [0.2, 0.25) is 0 Å². The number of nitrogens with zero attached hydrogens (tertiary/aromatic N) is 4. The summed E-state index contributed by atoms with van der Waals surface area (Å²) in [5.41, 5.74) is 2.20. The molecule has 138 valence electrons. The molecule has 5 nitrogen and oxygen atoms in total. The third-order valence-electron chi connectivity index (χ3n) is 4.88. The molecule has 27 heavy (non-hydrogen) atoms. The zero-order chi connectivity index (χ0) is 19.7. The number of aryl methyl sites for hydroxylation is 1. The van der Waals surface area contributed by atoms with Crippen molar-refractivity contribution in [2.75, 3.05) is 0 Å². The Bertz CT molecular complexity index is 1210. The lowest BCUT2D eigenvalue weighted by Gasteiger charge is -2.37. The van der Waals surface area contributed by atoms with Crippen LogP contribution in [0.3, 0.4) is 0 Å². The van der Waals surface area contributed by atoms with Crippen LogP contribution >= 0.6 is 11.3 Å². The molecule has 0 spiro atoms. The Hall–Kier alpha value is -2.45. The number of aliphatic hydroxyl groups is 1. The van der Waals surface area contributed by atoms with E-state index >= 15 is 0 Å². The summed E-state index contributed by atoms with van der Waals surface area (Å²) >= 11 is 1.17. The number of pyridine rings is 2. The molecule has 5 rings (SSSR count). The highest BCUT2D eigenvalue weighted by atomic mass is 32.1. The molecule has 1 unspecified atom stereocenters. The molecule has 0 saturated heterocycles. The quantitative estimate of drug-likeness (QED) is 0.569. The van der Waals surface area contributed by atoms with Crippen molar-refractivity contribution < 1.29 is 15.3 Å². The molecule has 8 heteroatoms. The van der Waals surface area contributed by atoms with Crippen LogP contribution in [-0.2, 0) is 7.05 Å². The highest BCUT2D eigenvalue weighted by molar-refractivity contribution is 7.18. The summed E-state index contributed by atoms with van der Waals surface area (Å²) in [6, 6.07) is 7.33. The van der Waals surface area contributed by atoms with Crippen LogP contribution in [0.4, 0.5) is 8.78 Å². The van der Waals surface area contributed by atoms with Crippen LogP contribution in [0.5, 0.6) is 0 Å². The number of alkyl halides is 2. The monoisotopic (exact) mass is 387 g/mol. The van der Waals surface area contributed by atoms with Gasteiger partial charge in [0, 0.05) is 59.4 Å². The van der Waals surface area contributed by atoms with Crippen molar-refractivity contribution in [1.29, 1.82) is 0 Å². The van der Waals surface area contributed by atoms with Crippen LogP contribution in [0.1, 0.15) is 25.2 Å². The van der Waals surface area contributed by atoms with Crippen molar-refractivity contribution in [2.24, 2.45) is 13.0 Å². The molecule has 0 radical (unpaired) electrons. The van der Waals surface area contributed by atoms with Crippen molar-refractivity contribution in [1.82, 2.24) is 19.7 Å². The van der Waals surface area contributed by atoms with Gasteiger partial charge >= 0.3 is 0 Å². The first-order valence-corrected chi connectivity index (χ1v) is 9.34. The normalized spacial score (nSPS) is 19.8. The topological polar surface area (TPSA) is 63.8 Å². The number of aromatic nitrogens is 4. The van der Waals surface area contributed by atoms with E-state index in [2.05, 4.69) is 15.1 Å². The predicted molar refractivity (Wildman–Crippen MR) is 99.8 cm³/mol. The van der Waals surface area contributed by atoms with E-state index in [1.165, 1.54) is 11.3 Å². The number of fused-ring (bicyclic) bond motifs is 2. The third kappa shape index (κ3) is 2.89. The average Bonchev–Trinajstić information content (AvgIpc) is 3.20. The molecular weight excluding hydrogens is 370 g/mol.